The summed E-state index contributed by atoms with van der Waals surface area (Å²) in [5.74, 6) is -0.187. The van der Waals surface area contributed by atoms with Gasteiger partial charge >= 0.3 is 0 Å². The molecule has 5 nitrogen and oxygen atoms in total. The van der Waals surface area contributed by atoms with Gasteiger partial charge in [-0.2, -0.15) is 0 Å². The van der Waals surface area contributed by atoms with Crippen LogP contribution in [-0.2, 0) is 9.59 Å². The molecule has 8 heteroatoms. The van der Waals surface area contributed by atoms with Crippen LogP contribution in [0.4, 0.5) is 0 Å². The van der Waals surface area contributed by atoms with E-state index in [9.17, 15) is 9.59 Å². The maximum Gasteiger partial charge on any atom is 0.262 e. The summed E-state index contributed by atoms with van der Waals surface area (Å²) < 4.78 is 5.48. The zero-order chi connectivity index (χ0) is 18.1. The first-order chi connectivity index (χ1) is 12.0. The quantitative estimate of drug-likeness (QED) is 0.419. The molecule has 0 aliphatic rings. The number of nitrogens with one attached hydrogen (secondary N) is 2. The van der Waals surface area contributed by atoms with Gasteiger partial charge in [0.2, 0.25) is 5.91 Å². The Kier molecular flexibility index (Phi) is 7.78. The largest absolute Gasteiger partial charge is 0.492 e. The fourth-order valence-corrected chi connectivity index (χ4v) is 2.87. The second-order valence-electron chi connectivity index (χ2n) is 4.91. The second-order valence-corrected chi connectivity index (χ2v) is 6.74. The fraction of sp³-hybridized carbons (Fsp3) is 0.176. The molecule has 0 aliphatic carbocycles. The van der Waals surface area contributed by atoms with E-state index in [2.05, 4.69) is 10.9 Å². The Bertz CT molecular complexity index is 748. The van der Waals surface area contributed by atoms with Gasteiger partial charge in [0, 0.05) is 22.4 Å². The number of amides is 2. The summed E-state index contributed by atoms with van der Waals surface area (Å²) in [6, 6.07) is 8.72. The molecule has 2 aromatic rings. The van der Waals surface area contributed by atoms with Crippen LogP contribution in [0.5, 0.6) is 5.75 Å². The molecule has 0 atom stereocenters. The number of ether oxygens (including phenoxy) is 1. The predicted octanol–water partition coefficient (Wildman–Crippen LogP) is 4.07. The standard InChI is InChI=1S/C17H16Cl2N2O3S/c18-12-5-7-15(14(19)11-12)24-9-1-4-16(22)20-21-17(23)8-6-13-3-2-10-25-13/h2-3,5-8,10-11H,1,4,9H2,(H,20,22)(H,21,23)/b8-6+. The monoisotopic (exact) mass is 398 g/mol. The van der Waals surface area contributed by atoms with Crippen molar-refractivity contribution in [1.29, 1.82) is 0 Å². The van der Waals surface area contributed by atoms with Gasteiger partial charge in [-0.15, -0.1) is 11.3 Å². The van der Waals surface area contributed by atoms with Gasteiger partial charge in [0.25, 0.3) is 5.91 Å². The van der Waals surface area contributed by atoms with Crippen molar-refractivity contribution >= 4 is 52.4 Å². The van der Waals surface area contributed by atoms with Crippen molar-refractivity contribution in [3.63, 3.8) is 0 Å². The number of hydrogen-bond donors (Lipinski definition) is 2. The Morgan fingerprint density at radius 3 is 2.76 bits per heavy atom. The fourth-order valence-electron chi connectivity index (χ4n) is 1.79. The van der Waals surface area contributed by atoms with E-state index >= 15 is 0 Å². The molecule has 2 N–H and O–H groups in total. The highest BCUT2D eigenvalue weighted by molar-refractivity contribution is 7.10. The molecule has 0 saturated heterocycles. The molecule has 0 unspecified atom stereocenters. The summed E-state index contributed by atoms with van der Waals surface area (Å²) in [5, 5.41) is 2.86. The van der Waals surface area contributed by atoms with E-state index < -0.39 is 5.91 Å². The van der Waals surface area contributed by atoms with Crippen LogP contribution in [0.2, 0.25) is 10.0 Å². The van der Waals surface area contributed by atoms with E-state index in [-0.39, 0.29) is 12.3 Å². The second kappa shape index (κ2) is 10.1. The van der Waals surface area contributed by atoms with E-state index in [1.807, 2.05) is 17.5 Å². The van der Waals surface area contributed by atoms with Crippen LogP contribution in [0.3, 0.4) is 0 Å². The summed E-state index contributed by atoms with van der Waals surface area (Å²) in [4.78, 5) is 24.2. The predicted molar refractivity (Wildman–Crippen MR) is 101 cm³/mol. The first-order valence-corrected chi connectivity index (χ1v) is 9.06. The normalized spacial score (nSPS) is 10.6. The smallest absolute Gasteiger partial charge is 0.262 e. The molecule has 0 radical (unpaired) electrons. The Balaban J connectivity index is 1.61. The van der Waals surface area contributed by atoms with Gasteiger partial charge in [-0.1, -0.05) is 29.3 Å². The third kappa shape index (κ3) is 7.17. The Labute approximate surface area is 159 Å². The summed E-state index contributed by atoms with van der Waals surface area (Å²) in [7, 11) is 0. The Hall–Kier alpha value is -2.02. The minimum Gasteiger partial charge on any atom is -0.492 e. The third-order valence-electron chi connectivity index (χ3n) is 2.97. The highest BCUT2D eigenvalue weighted by Gasteiger charge is 2.05. The molecule has 0 saturated carbocycles. The average Bonchev–Trinajstić information content (AvgIpc) is 3.10. The van der Waals surface area contributed by atoms with Crippen molar-refractivity contribution in [2.24, 2.45) is 0 Å². The Morgan fingerprint density at radius 2 is 2.04 bits per heavy atom. The first-order valence-electron chi connectivity index (χ1n) is 7.43. The minimum atomic E-state index is -0.397. The van der Waals surface area contributed by atoms with Crippen molar-refractivity contribution < 1.29 is 14.3 Å². The molecule has 1 heterocycles. The van der Waals surface area contributed by atoms with Gasteiger partial charge in [-0.05, 0) is 42.1 Å². The van der Waals surface area contributed by atoms with Crippen LogP contribution >= 0.6 is 34.5 Å². The van der Waals surface area contributed by atoms with Crippen LogP contribution in [0.15, 0.2) is 41.8 Å². The van der Waals surface area contributed by atoms with Crippen LogP contribution < -0.4 is 15.6 Å². The molecule has 132 valence electrons. The maximum atomic E-state index is 11.7. The molecular formula is C17H16Cl2N2O3S. The lowest BCUT2D eigenvalue weighted by atomic mass is 10.3. The first kappa shape index (κ1) is 19.3. The highest BCUT2D eigenvalue weighted by atomic mass is 35.5. The molecule has 0 spiro atoms. The number of halogens is 2. The van der Waals surface area contributed by atoms with Crippen LogP contribution in [0.25, 0.3) is 6.08 Å². The summed E-state index contributed by atoms with van der Waals surface area (Å²) in [5.41, 5.74) is 4.67. The van der Waals surface area contributed by atoms with Crippen LogP contribution in [0, 0.1) is 0 Å². The lowest BCUT2D eigenvalue weighted by Gasteiger charge is -2.08. The molecule has 1 aromatic heterocycles. The highest BCUT2D eigenvalue weighted by Crippen LogP contribution is 2.27. The van der Waals surface area contributed by atoms with Crippen molar-refractivity contribution in [2.75, 3.05) is 6.61 Å². The van der Waals surface area contributed by atoms with Crippen molar-refractivity contribution in [3.05, 3.63) is 56.7 Å². The maximum absolute atomic E-state index is 11.7. The van der Waals surface area contributed by atoms with E-state index in [1.54, 1.807) is 24.3 Å². The minimum absolute atomic E-state index is 0.208. The van der Waals surface area contributed by atoms with Crippen molar-refractivity contribution in [2.45, 2.75) is 12.8 Å². The zero-order valence-electron chi connectivity index (χ0n) is 13.1. The zero-order valence-corrected chi connectivity index (χ0v) is 15.5. The number of hydrogen-bond acceptors (Lipinski definition) is 4. The van der Waals surface area contributed by atoms with E-state index in [1.165, 1.54) is 17.4 Å². The van der Waals surface area contributed by atoms with Crippen molar-refractivity contribution in [1.82, 2.24) is 10.9 Å². The number of carbonyl (C=O) groups is 2. The summed E-state index contributed by atoms with van der Waals surface area (Å²) in [6.45, 7) is 0.320. The molecule has 1 aromatic carbocycles. The number of benzene rings is 1. The molecular weight excluding hydrogens is 383 g/mol. The summed E-state index contributed by atoms with van der Waals surface area (Å²) >= 11 is 13.3. The third-order valence-corrected chi connectivity index (χ3v) is 4.33. The number of carbonyl (C=O) groups excluding carboxylic acids is 2. The Morgan fingerprint density at radius 1 is 1.20 bits per heavy atom. The van der Waals surface area contributed by atoms with Crippen LogP contribution in [-0.4, -0.2) is 18.4 Å². The van der Waals surface area contributed by atoms with Gasteiger partial charge in [0.05, 0.1) is 11.6 Å². The lowest BCUT2D eigenvalue weighted by molar-refractivity contribution is -0.126. The molecule has 0 aliphatic heterocycles. The van der Waals surface area contributed by atoms with Gasteiger partial charge in [0.1, 0.15) is 5.75 Å². The molecule has 0 bridgehead atoms. The van der Waals surface area contributed by atoms with E-state index in [0.29, 0.717) is 28.8 Å². The molecule has 0 fully saturated rings. The lowest BCUT2D eigenvalue weighted by Crippen LogP contribution is -2.40. The number of thiophene rings is 1. The SMILES string of the molecule is O=C(/C=C/c1cccs1)NNC(=O)CCCOc1ccc(Cl)cc1Cl. The van der Waals surface area contributed by atoms with Crippen LogP contribution in [0.1, 0.15) is 17.7 Å². The summed E-state index contributed by atoms with van der Waals surface area (Å²) in [6.07, 6.45) is 3.72. The van der Waals surface area contributed by atoms with Crippen molar-refractivity contribution in [3.8, 4) is 5.75 Å². The van der Waals surface area contributed by atoms with Gasteiger partial charge in [-0.25, -0.2) is 0 Å². The topological polar surface area (TPSA) is 67.4 Å². The van der Waals surface area contributed by atoms with E-state index in [0.717, 1.165) is 4.88 Å². The molecule has 2 rings (SSSR count). The van der Waals surface area contributed by atoms with E-state index in [4.69, 9.17) is 27.9 Å². The van der Waals surface area contributed by atoms with Gasteiger partial charge in [0.15, 0.2) is 0 Å². The number of hydrazine groups is 1. The molecule has 2 amide bonds. The molecule has 25 heavy (non-hydrogen) atoms. The number of rotatable bonds is 7. The van der Waals surface area contributed by atoms with Gasteiger partial charge < -0.3 is 4.74 Å². The average molecular weight is 399 g/mol. The van der Waals surface area contributed by atoms with Gasteiger partial charge in [-0.3, -0.25) is 20.4 Å².